The van der Waals surface area contributed by atoms with Crippen LogP contribution in [0.15, 0.2) is 53.4 Å². The SMILES string of the molecule is CCN1CCN(c2ccc(NC(=O)c3cccc(S(=O)(=O)NC[C@H]4CCCO4)c3)cc2)CC1. The predicted molar refractivity (Wildman–Crippen MR) is 129 cm³/mol. The molecule has 0 bridgehead atoms. The van der Waals surface area contributed by atoms with Crippen LogP contribution in [0, 0.1) is 0 Å². The second kappa shape index (κ2) is 10.6. The maximum absolute atomic E-state index is 12.8. The molecule has 33 heavy (non-hydrogen) atoms. The number of hydrogen-bond donors (Lipinski definition) is 2. The van der Waals surface area contributed by atoms with E-state index in [1.807, 2.05) is 24.3 Å². The first-order chi connectivity index (χ1) is 15.9. The number of anilines is 2. The molecule has 2 fully saturated rings. The zero-order valence-electron chi connectivity index (χ0n) is 19.0. The minimum atomic E-state index is -3.72. The number of carbonyl (C=O) groups excluding carboxylic acids is 1. The number of carbonyl (C=O) groups is 1. The lowest BCUT2D eigenvalue weighted by Crippen LogP contribution is -2.46. The van der Waals surface area contributed by atoms with Gasteiger partial charge in [0.05, 0.1) is 11.0 Å². The van der Waals surface area contributed by atoms with Crippen LogP contribution in [0.4, 0.5) is 11.4 Å². The average molecular weight is 473 g/mol. The summed E-state index contributed by atoms with van der Waals surface area (Å²) >= 11 is 0. The van der Waals surface area contributed by atoms with Gasteiger partial charge in [0, 0.05) is 56.3 Å². The number of likely N-dealkylation sites (N-methyl/N-ethyl adjacent to an activating group) is 1. The van der Waals surface area contributed by atoms with Crippen molar-refractivity contribution in [2.75, 3.05) is 56.1 Å². The van der Waals surface area contributed by atoms with Crippen LogP contribution in [0.2, 0.25) is 0 Å². The third-order valence-electron chi connectivity index (χ3n) is 6.24. The monoisotopic (exact) mass is 472 g/mol. The van der Waals surface area contributed by atoms with Gasteiger partial charge in [-0.05, 0) is 61.9 Å². The van der Waals surface area contributed by atoms with Gasteiger partial charge in [-0.15, -0.1) is 0 Å². The number of nitrogens with zero attached hydrogens (tertiary/aromatic N) is 2. The quantitative estimate of drug-likeness (QED) is 0.614. The summed E-state index contributed by atoms with van der Waals surface area (Å²) < 4.78 is 33.3. The van der Waals surface area contributed by atoms with E-state index in [1.54, 1.807) is 12.1 Å². The van der Waals surface area contributed by atoms with Crippen molar-refractivity contribution in [1.29, 1.82) is 0 Å². The Hall–Kier alpha value is -2.46. The molecular weight excluding hydrogens is 440 g/mol. The molecule has 2 saturated heterocycles. The number of ether oxygens (including phenoxy) is 1. The van der Waals surface area contributed by atoms with Gasteiger partial charge >= 0.3 is 0 Å². The molecule has 178 valence electrons. The molecule has 1 atom stereocenters. The normalized spacial score (nSPS) is 19.5. The van der Waals surface area contributed by atoms with Gasteiger partial charge in [0.25, 0.3) is 5.91 Å². The van der Waals surface area contributed by atoms with Crippen molar-refractivity contribution < 1.29 is 17.9 Å². The lowest BCUT2D eigenvalue weighted by Gasteiger charge is -2.35. The number of nitrogens with one attached hydrogen (secondary N) is 2. The summed E-state index contributed by atoms with van der Waals surface area (Å²) in [6.07, 6.45) is 1.70. The summed E-state index contributed by atoms with van der Waals surface area (Å²) in [6, 6.07) is 13.8. The van der Waals surface area contributed by atoms with E-state index in [2.05, 4.69) is 26.8 Å². The maximum atomic E-state index is 12.8. The van der Waals surface area contributed by atoms with Gasteiger partial charge in [-0.3, -0.25) is 4.79 Å². The average Bonchev–Trinajstić information content (AvgIpc) is 3.37. The van der Waals surface area contributed by atoms with E-state index in [1.165, 1.54) is 12.1 Å². The van der Waals surface area contributed by atoms with Crippen molar-refractivity contribution in [3.8, 4) is 0 Å². The highest BCUT2D eigenvalue weighted by Crippen LogP contribution is 2.21. The Morgan fingerprint density at radius 3 is 2.52 bits per heavy atom. The van der Waals surface area contributed by atoms with Gasteiger partial charge in [-0.2, -0.15) is 0 Å². The minimum Gasteiger partial charge on any atom is -0.377 e. The van der Waals surface area contributed by atoms with Crippen LogP contribution in [0.25, 0.3) is 0 Å². The van der Waals surface area contributed by atoms with Gasteiger partial charge in [0.15, 0.2) is 0 Å². The Labute approximate surface area is 196 Å². The lowest BCUT2D eigenvalue weighted by atomic mass is 10.2. The summed E-state index contributed by atoms with van der Waals surface area (Å²) in [5.74, 6) is -0.351. The number of sulfonamides is 1. The van der Waals surface area contributed by atoms with Gasteiger partial charge in [0.1, 0.15) is 0 Å². The molecule has 4 rings (SSSR count). The first-order valence-corrected chi connectivity index (χ1v) is 13.0. The van der Waals surface area contributed by atoms with Crippen LogP contribution < -0.4 is 14.9 Å². The van der Waals surface area contributed by atoms with Gasteiger partial charge < -0.3 is 19.9 Å². The molecule has 2 aromatic rings. The Bertz CT molecular complexity index is 1040. The molecule has 2 aromatic carbocycles. The molecule has 0 aliphatic carbocycles. The Balaban J connectivity index is 1.36. The zero-order valence-corrected chi connectivity index (χ0v) is 19.8. The van der Waals surface area contributed by atoms with Crippen molar-refractivity contribution >= 4 is 27.3 Å². The minimum absolute atomic E-state index is 0.0646. The van der Waals surface area contributed by atoms with Crippen molar-refractivity contribution in [3.63, 3.8) is 0 Å². The fourth-order valence-corrected chi connectivity index (χ4v) is 5.29. The van der Waals surface area contributed by atoms with Gasteiger partial charge in [-0.1, -0.05) is 13.0 Å². The van der Waals surface area contributed by atoms with Crippen LogP contribution in [0.1, 0.15) is 30.1 Å². The number of amides is 1. The molecule has 2 heterocycles. The lowest BCUT2D eigenvalue weighted by molar-refractivity contribution is 0.102. The Kier molecular flexibility index (Phi) is 7.64. The van der Waals surface area contributed by atoms with Crippen LogP contribution in [-0.2, 0) is 14.8 Å². The molecule has 0 unspecified atom stereocenters. The molecule has 0 spiro atoms. The molecule has 0 aromatic heterocycles. The number of rotatable bonds is 8. The molecule has 0 saturated carbocycles. The van der Waals surface area contributed by atoms with Crippen LogP contribution in [0.3, 0.4) is 0 Å². The predicted octanol–water partition coefficient (Wildman–Crippen LogP) is 2.54. The van der Waals surface area contributed by atoms with Crippen molar-refractivity contribution in [3.05, 3.63) is 54.1 Å². The second-order valence-corrected chi connectivity index (χ2v) is 10.2. The molecule has 2 aliphatic rings. The Morgan fingerprint density at radius 2 is 1.85 bits per heavy atom. The van der Waals surface area contributed by atoms with E-state index in [9.17, 15) is 13.2 Å². The molecule has 9 heteroatoms. The van der Waals surface area contributed by atoms with Gasteiger partial charge in [0.2, 0.25) is 10.0 Å². The van der Waals surface area contributed by atoms with E-state index < -0.39 is 10.0 Å². The molecule has 0 radical (unpaired) electrons. The highest BCUT2D eigenvalue weighted by molar-refractivity contribution is 7.89. The largest absolute Gasteiger partial charge is 0.377 e. The summed E-state index contributed by atoms with van der Waals surface area (Å²) in [5, 5.41) is 2.86. The summed E-state index contributed by atoms with van der Waals surface area (Å²) in [4.78, 5) is 17.6. The maximum Gasteiger partial charge on any atom is 0.255 e. The molecular formula is C24H32N4O4S. The zero-order chi connectivity index (χ0) is 23.3. The van der Waals surface area contributed by atoms with Crippen LogP contribution in [-0.4, -0.2) is 71.2 Å². The Morgan fingerprint density at radius 1 is 1.09 bits per heavy atom. The number of hydrogen-bond acceptors (Lipinski definition) is 6. The fourth-order valence-electron chi connectivity index (χ4n) is 4.18. The van der Waals surface area contributed by atoms with Crippen molar-refractivity contribution in [2.45, 2.75) is 30.8 Å². The highest BCUT2D eigenvalue weighted by Gasteiger charge is 2.21. The third kappa shape index (κ3) is 6.11. The second-order valence-electron chi connectivity index (χ2n) is 8.44. The van der Waals surface area contributed by atoms with E-state index in [-0.39, 0.29) is 29.0 Å². The van der Waals surface area contributed by atoms with Crippen molar-refractivity contribution in [2.24, 2.45) is 0 Å². The summed E-state index contributed by atoms with van der Waals surface area (Å²) in [5.41, 5.74) is 2.09. The fraction of sp³-hybridized carbons (Fsp3) is 0.458. The summed E-state index contributed by atoms with van der Waals surface area (Å²) in [6.45, 7) is 8.24. The van der Waals surface area contributed by atoms with Crippen LogP contribution >= 0.6 is 0 Å². The number of piperazine rings is 1. The topological polar surface area (TPSA) is 91.0 Å². The highest BCUT2D eigenvalue weighted by atomic mass is 32.2. The van der Waals surface area contributed by atoms with E-state index >= 15 is 0 Å². The first kappa shape index (κ1) is 23.7. The number of benzene rings is 2. The van der Waals surface area contributed by atoms with Crippen LogP contribution in [0.5, 0.6) is 0 Å². The van der Waals surface area contributed by atoms with E-state index in [0.717, 1.165) is 51.3 Å². The summed E-state index contributed by atoms with van der Waals surface area (Å²) in [7, 11) is -3.72. The standard InChI is InChI=1S/C24H32N4O4S/c1-2-27-12-14-28(15-13-27)21-10-8-20(9-11-21)26-24(29)19-5-3-7-23(17-19)33(30,31)25-18-22-6-4-16-32-22/h3,5,7-11,17,22,25H,2,4,6,12-16,18H2,1H3,(H,26,29)/t22-/m1/s1. The third-order valence-corrected chi connectivity index (χ3v) is 7.66. The smallest absolute Gasteiger partial charge is 0.255 e. The van der Waals surface area contributed by atoms with Gasteiger partial charge in [-0.25, -0.2) is 13.1 Å². The molecule has 8 nitrogen and oxygen atoms in total. The first-order valence-electron chi connectivity index (χ1n) is 11.5. The molecule has 2 N–H and O–H groups in total. The van der Waals surface area contributed by atoms with E-state index in [4.69, 9.17) is 4.74 Å². The molecule has 2 aliphatic heterocycles. The molecule has 1 amide bonds. The van der Waals surface area contributed by atoms with E-state index in [0.29, 0.717) is 12.3 Å². The van der Waals surface area contributed by atoms with Crippen molar-refractivity contribution in [1.82, 2.24) is 9.62 Å².